The predicted molar refractivity (Wildman–Crippen MR) is 109 cm³/mol. The van der Waals surface area contributed by atoms with E-state index in [-0.39, 0.29) is 0 Å². The van der Waals surface area contributed by atoms with Crippen LogP contribution in [-0.2, 0) is 0 Å². The minimum absolute atomic E-state index is 0.378. The molecular weight excluding hydrogens is 360 g/mol. The van der Waals surface area contributed by atoms with Crippen LogP contribution >= 0.6 is 11.3 Å². The lowest BCUT2D eigenvalue weighted by atomic mass is 9.85. The van der Waals surface area contributed by atoms with Gasteiger partial charge in [0.25, 0.3) is 0 Å². The smallest absolute Gasteiger partial charge is 0.184 e. The van der Waals surface area contributed by atoms with E-state index in [0.717, 1.165) is 27.0 Å². The lowest BCUT2D eigenvalue weighted by Gasteiger charge is -2.28. The van der Waals surface area contributed by atoms with Crippen LogP contribution in [0.25, 0.3) is 10.2 Å². The zero-order valence-electron chi connectivity index (χ0n) is 15.3. The summed E-state index contributed by atoms with van der Waals surface area (Å²) < 4.78 is 6.95. The molecular formula is C20H24N4O2S. The van der Waals surface area contributed by atoms with Gasteiger partial charge in [0.1, 0.15) is 17.3 Å². The minimum Gasteiger partial charge on any atom is -0.456 e. The topological polar surface area (TPSA) is 79.3 Å². The Kier molecular flexibility index (Phi) is 5.40. The Morgan fingerprint density at radius 2 is 1.96 bits per heavy atom. The molecule has 7 heteroatoms. The van der Waals surface area contributed by atoms with Crippen LogP contribution in [0.2, 0.25) is 0 Å². The van der Waals surface area contributed by atoms with E-state index in [1.54, 1.807) is 29.7 Å². The number of anilines is 2. The van der Waals surface area contributed by atoms with Gasteiger partial charge in [0.15, 0.2) is 5.13 Å². The molecule has 1 aliphatic carbocycles. The fourth-order valence-corrected chi connectivity index (χ4v) is 4.61. The van der Waals surface area contributed by atoms with Gasteiger partial charge in [-0.2, -0.15) is 0 Å². The molecule has 0 unspecified atom stereocenters. The first kappa shape index (κ1) is 18.0. The average molecular weight is 385 g/mol. The molecule has 0 spiro atoms. The Labute approximate surface area is 162 Å². The van der Waals surface area contributed by atoms with Crippen molar-refractivity contribution in [3.8, 4) is 11.5 Å². The monoisotopic (exact) mass is 384 g/mol. The Morgan fingerprint density at radius 1 is 1.15 bits per heavy atom. The number of benzene rings is 1. The highest BCUT2D eigenvalue weighted by Crippen LogP contribution is 2.33. The molecule has 3 aromatic rings. The Balaban J connectivity index is 1.46. The van der Waals surface area contributed by atoms with Crippen molar-refractivity contribution >= 4 is 32.5 Å². The molecule has 0 amide bonds. The van der Waals surface area contributed by atoms with Gasteiger partial charge >= 0.3 is 0 Å². The molecule has 6 nitrogen and oxygen atoms in total. The summed E-state index contributed by atoms with van der Waals surface area (Å²) in [6.45, 7) is 2.27. The van der Waals surface area contributed by atoms with Crippen molar-refractivity contribution in [2.45, 2.75) is 45.1 Å². The van der Waals surface area contributed by atoms with Crippen molar-refractivity contribution in [3.05, 3.63) is 36.5 Å². The van der Waals surface area contributed by atoms with Crippen LogP contribution in [-0.4, -0.2) is 21.2 Å². The van der Waals surface area contributed by atoms with Gasteiger partial charge in [0.05, 0.1) is 16.4 Å². The fraction of sp³-hybridized carbons (Fsp3) is 0.400. The number of nitrogens with one attached hydrogen (secondary N) is 2. The van der Waals surface area contributed by atoms with Crippen LogP contribution in [0.1, 0.15) is 39.0 Å². The molecule has 2 aromatic heterocycles. The highest BCUT2D eigenvalue weighted by Gasteiger charge is 2.20. The normalized spacial score (nSPS) is 16.2. The van der Waals surface area contributed by atoms with E-state index in [1.807, 2.05) is 23.7 Å². The Hall–Kier alpha value is -2.38. The van der Waals surface area contributed by atoms with Gasteiger partial charge in [-0.15, -0.1) is 0 Å². The van der Waals surface area contributed by atoms with Gasteiger partial charge in [-0.25, -0.2) is 9.97 Å². The zero-order valence-corrected chi connectivity index (χ0v) is 16.1. The van der Waals surface area contributed by atoms with Gasteiger partial charge in [-0.05, 0) is 49.9 Å². The first-order valence-corrected chi connectivity index (χ1v) is 10.2. The standard InChI is InChI=1S/C20H24N4O2S/c1-13(14-5-3-2-4-6-14)22-20-23-17-9-7-15(11-18(17)27-20)26-16-8-10-19(24-25)21-12-16/h7-14,25H,2-6H2,1H3,(H,21,24)(H,22,23)/t13-/m0/s1. The van der Waals surface area contributed by atoms with Crippen molar-refractivity contribution in [1.82, 2.24) is 9.97 Å². The third-order valence-corrected chi connectivity index (χ3v) is 6.10. The van der Waals surface area contributed by atoms with Crippen molar-refractivity contribution in [1.29, 1.82) is 0 Å². The second-order valence-electron chi connectivity index (χ2n) is 7.07. The number of thiazole rings is 1. The van der Waals surface area contributed by atoms with Gasteiger partial charge in [0.2, 0.25) is 0 Å². The summed E-state index contributed by atoms with van der Waals surface area (Å²) in [4.78, 5) is 8.75. The molecule has 1 aliphatic rings. The number of fused-ring (bicyclic) bond motifs is 1. The third-order valence-electron chi connectivity index (χ3n) is 5.15. The Morgan fingerprint density at radius 3 is 2.70 bits per heavy atom. The summed E-state index contributed by atoms with van der Waals surface area (Å²) >= 11 is 1.66. The molecule has 1 fully saturated rings. The third kappa shape index (κ3) is 4.31. The number of aromatic nitrogens is 2. The summed E-state index contributed by atoms with van der Waals surface area (Å²) in [5, 5.41) is 13.4. The van der Waals surface area contributed by atoms with Crippen molar-refractivity contribution in [2.24, 2.45) is 5.92 Å². The minimum atomic E-state index is 0.378. The second kappa shape index (κ2) is 8.10. The van der Waals surface area contributed by atoms with Gasteiger partial charge in [-0.3, -0.25) is 10.7 Å². The molecule has 1 saturated carbocycles. The van der Waals surface area contributed by atoms with Crippen LogP contribution in [0, 0.1) is 5.92 Å². The summed E-state index contributed by atoms with van der Waals surface area (Å²) in [6.07, 6.45) is 8.27. The van der Waals surface area contributed by atoms with Crippen LogP contribution < -0.4 is 15.5 Å². The first-order valence-electron chi connectivity index (χ1n) is 9.42. The quantitative estimate of drug-likeness (QED) is 0.476. The summed E-state index contributed by atoms with van der Waals surface area (Å²) in [5.41, 5.74) is 2.98. The molecule has 142 valence electrons. The molecule has 27 heavy (non-hydrogen) atoms. The van der Waals surface area contributed by atoms with Crippen molar-refractivity contribution in [3.63, 3.8) is 0 Å². The molecule has 0 radical (unpaired) electrons. The van der Waals surface area contributed by atoms with E-state index in [9.17, 15) is 0 Å². The number of rotatable bonds is 6. The maximum Gasteiger partial charge on any atom is 0.184 e. The molecule has 2 heterocycles. The lowest BCUT2D eigenvalue weighted by Crippen LogP contribution is -2.27. The largest absolute Gasteiger partial charge is 0.456 e. The average Bonchev–Trinajstić information content (AvgIpc) is 3.10. The molecule has 0 saturated heterocycles. The molecule has 0 bridgehead atoms. The highest BCUT2D eigenvalue weighted by molar-refractivity contribution is 7.22. The summed E-state index contributed by atoms with van der Waals surface area (Å²) in [6, 6.07) is 9.74. The fourth-order valence-electron chi connectivity index (χ4n) is 3.62. The van der Waals surface area contributed by atoms with Crippen molar-refractivity contribution < 1.29 is 9.94 Å². The number of hydrogen-bond donors (Lipinski definition) is 3. The number of ether oxygens (including phenoxy) is 1. The van der Waals surface area contributed by atoms with E-state index in [4.69, 9.17) is 14.9 Å². The van der Waals surface area contributed by atoms with Crippen molar-refractivity contribution in [2.75, 3.05) is 10.8 Å². The highest BCUT2D eigenvalue weighted by atomic mass is 32.1. The van der Waals surface area contributed by atoms with Crippen LogP contribution in [0.4, 0.5) is 10.9 Å². The van der Waals surface area contributed by atoms with E-state index in [1.165, 1.54) is 32.1 Å². The number of nitrogens with zero attached hydrogens (tertiary/aromatic N) is 2. The Bertz CT molecular complexity index is 891. The molecule has 1 atom stereocenters. The number of pyridine rings is 1. The maximum absolute atomic E-state index is 8.82. The summed E-state index contributed by atoms with van der Waals surface area (Å²) in [7, 11) is 0. The SMILES string of the molecule is C[C@H](Nc1nc2ccc(Oc3ccc(NO)nc3)cc2s1)C1CCCCC1. The summed E-state index contributed by atoms with van der Waals surface area (Å²) in [5.74, 6) is 2.48. The number of hydrogen-bond acceptors (Lipinski definition) is 7. The zero-order chi connectivity index (χ0) is 18.6. The van der Waals surface area contributed by atoms with Crippen LogP contribution in [0.3, 0.4) is 0 Å². The van der Waals surface area contributed by atoms with Gasteiger partial charge in [-0.1, -0.05) is 30.6 Å². The predicted octanol–water partition coefficient (Wildman–Crippen LogP) is 5.67. The lowest BCUT2D eigenvalue weighted by molar-refractivity contribution is 0.328. The van der Waals surface area contributed by atoms with E-state index in [0.29, 0.717) is 17.6 Å². The van der Waals surface area contributed by atoms with Gasteiger partial charge in [0, 0.05) is 12.1 Å². The molecule has 3 N–H and O–H groups in total. The molecule has 0 aliphatic heterocycles. The first-order chi connectivity index (χ1) is 13.2. The van der Waals surface area contributed by atoms with E-state index >= 15 is 0 Å². The van der Waals surface area contributed by atoms with Gasteiger partial charge < -0.3 is 10.1 Å². The maximum atomic E-state index is 8.82. The molecule has 1 aromatic carbocycles. The van der Waals surface area contributed by atoms with E-state index in [2.05, 4.69) is 17.2 Å². The molecule has 4 rings (SSSR count). The van der Waals surface area contributed by atoms with E-state index < -0.39 is 0 Å². The second-order valence-corrected chi connectivity index (χ2v) is 8.10. The van der Waals surface area contributed by atoms with Crippen LogP contribution in [0.15, 0.2) is 36.5 Å². The van der Waals surface area contributed by atoms with Crippen LogP contribution in [0.5, 0.6) is 11.5 Å².